The molecule has 1 atom stereocenters. The van der Waals surface area contributed by atoms with Crippen LogP contribution in [0.15, 0.2) is 12.3 Å². The molecule has 1 aliphatic heterocycles. The molecule has 15 heavy (non-hydrogen) atoms. The fourth-order valence-electron chi connectivity index (χ4n) is 2.23. The number of pyridine rings is 1. The van der Waals surface area contributed by atoms with E-state index in [1.165, 1.54) is 17.5 Å². The van der Waals surface area contributed by atoms with Crippen molar-refractivity contribution in [1.29, 1.82) is 0 Å². The molecule has 2 rings (SSSR count). The molecular weight excluding hydrogens is 186 g/mol. The number of nitrogens with two attached hydrogens (primary N) is 1. The highest BCUT2D eigenvalue weighted by atomic mass is 15.2. The molecule has 0 spiro atoms. The van der Waals surface area contributed by atoms with Crippen LogP contribution in [0.3, 0.4) is 0 Å². The van der Waals surface area contributed by atoms with Gasteiger partial charge in [-0.1, -0.05) is 6.92 Å². The molecule has 1 aromatic heterocycles. The summed E-state index contributed by atoms with van der Waals surface area (Å²) in [5, 5.41) is 0. The van der Waals surface area contributed by atoms with Crippen LogP contribution in [0.5, 0.6) is 0 Å². The van der Waals surface area contributed by atoms with Crippen molar-refractivity contribution < 1.29 is 0 Å². The molecule has 2 heterocycles. The summed E-state index contributed by atoms with van der Waals surface area (Å²) < 4.78 is 0. The van der Waals surface area contributed by atoms with Crippen LogP contribution in [0, 0.1) is 12.8 Å². The minimum atomic E-state index is 0.583. The highest BCUT2D eigenvalue weighted by Crippen LogP contribution is 2.26. The molecule has 0 bridgehead atoms. The molecule has 2 N–H and O–H groups in total. The Hall–Kier alpha value is -1.09. The Morgan fingerprint density at radius 1 is 1.60 bits per heavy atom. The van der Waals surface area contributed by atoms with Gasteiger partial charge in [0.2, 0.25) is 0 Å². The van der Waals surface area contributed by atoms with Crippen LogP contribution in [0.4, 0.5) is 5.82 Å². The number of aromatic nitrogens is 1. The Kier molecular flexibility index (Phi) is 2.91. The van der Waals surface area contributed by atoms with E-state index >= 15 is 0 Å². The third-order valence-corrected chi connectivity index (χ3v) is 3.19. The summed E-state index contributed by atoms with van der Waals surface area (Å²) in [7, 11) is 0. The summed E-state index contributed by atoms with van der Waals surface area (Å²) in [6, 6.07) is 2.03. The van der Waals surface area contributed by atoms with Crippen molar-refractivity contribution in [1.82, 2.24) is 4.98 Å². The Morgan fingerprint density at radius 2 is 2.40 bits per heavy atom. The standard InChI is InChI=1S/C12H19N3/c1-9-4-6-15(8-9)12-11(7-13)10(2)3-5-14-12/h3,5,9H,4,6-8,13H2,1-2H3. The number of hydrogen-bond acceptors (Lipinski definition) is 3. The smallest absolute Gasteiger partial charge is 0.133 e. The van der Waals surface area contributed by atoms with Crippen molar-refractivity contribution in [3.8, 4) is 0 Å². The maximum absolute atomic E-state index is 5.79. The quantitative estimate of drug-likeness (QED) is 0.799. The van der Waals surface area contributed by atoms with E-state index in [0.29, 0.717) is 6.54 Å². The van der Waals surface area contributed by atoms with Crippen molar-refractivity contribution in [2.75, 3.05) is 18.0 Å². The molecule has 0 radical (unpaired) electrons. The van der Waals surface area contributed by atoms with Gasteiger partial charge in [-0.05, 0) is 30.9 Å². The lowest BCUT2D eigenvalue weighted by Gasteiger charge is -2.21. The average Bonchev–Trinajstić information content (AvgIpc) is 2.64. The van der Waals surface area contributed by atoms with Gasteiger partial charge >= 0.3 is 0 Å². The van der Waals surface area contributed by atoms with Crippen LogP contribution in [-0.2, 0) is 6.54 Å². The third kappa shape index (κ3) is 1.97. The molecule has 0 saturated carbocycles. The van der Waals surface area contributed by atoms with Gasteiger partial charge in [0.15, 0.2) is 0 Å². The van der Waals surface area contributed by atoms with E-state index in [0.717, 1.165) is 24.8 Å². The molecule has 1 fully saturated rings. The summed E-state index contributed by atoms with van der Waals surface area (Å²) in [5.41, 5.74) is 8.24. The van der Waals surface area contributed by atoms with E-state index in [-0.39, 0.29) is 0 Å². The van der Waals surface area contributed by atoms with Gasteiger partial charge in [0, 0.05) is 31.4 Å². The van der Waals surface area contributed by atoms with E-state index in [2.05, 4.69) is 23.7 Å². The second-order valence-electron chi connectivity index (χ2n) is 4.47. The summed E-state index contributed by atoms with van der Waals surface area (Å²) in [5.74, 6) is 1.87. The first-order valence-electron chi connectivity index (χ1n) is 5.62. The van der Waals surface area contributed by atoms with Gasteiger partial charge in [-0.15, -0.1) is 0 Å². The highest BCUT2D eigenvalue weighted by Gasteiger charge is 2.22. The van der Waals surface area contributed by atoms with Gasteiger partial charge in [0.05, 0.1) is 0 Å². The van der Waals surface area contributed by atoms with Crippen LogP contribution >= 0.6 is 0 Å². The van der Waals surface area contributed by atoms with Crippen molar-refractivity contribution in [2.45, 2.75) is 26.8 Å². The number of nitrogens with zero attached hydrogens (tertiary/aromatic N) is 2. The number of aryl methyl sites for hydroxylation is 1. The third-order valence-electron chi connectivity index (χ3n) is 3.19. The predicted octanol–water partition coefficient (Wildman–Crippen LogP) is 1.69. The lowest BCUT2D eigenvalue weighted by Crippen LogP contribution is -2.23. The van der Waals surface area contributed by atoms with Gasteiger partial charge in [0.1, 0.15) is 5.82 Å². The minimum absolute atomic E-state index is 0.583. The van der Waals surface area contributed by atoms with Crippen molar-refractivity contribution >= 4 is 5.82 Å². The van der Waals surface area contributed by atoms with Gasteiger partial charge in [-0.25, -0.2) is 4.98 Å². The topological polar surface area (TPSA) is 42.2 Å². The SMILES string of the molecule is Cc1ccnc(N2CCC(C)C2)c1CN. The van der Waals surface area contributed by atoms with Gasteiger partial charge < -0.3 is 10.6 Å². The molecule has 0 amide bonds. The van der Waals surface area contributed by atoms with E-state index < -0.39 is 0 Å². The summed E-state index contributed by atoms with van der Waals surface area (Å²) >= 11 is 0. The molecule has 3 nitrogen and oxygen atoms in total. The van der Waals surface area contributed by atoms with Crippen LogP contribution in [-0.4, -0.2) is 18.1 Å². The summed E-state index contributed by atoms with van der Waals surface area (Å²) in [4.78, 5) is 6.83. The molecule has 1 aromatic rings. The largest absolute Gasteiger partial charge is 0.356 e. The van der Waals surface area contributed by atoms with Gasteiger partial charge in [0.25, 0.3) is 0 Å². The van der Waals surface area contributed by atoms with Crippen molar-refractivity contribution in [3.63, 3.8) is 0 Å². The first-order chi connectivity index (χ1) is 7.22. The monoisotopic (exact) mass is 205 g/mol. The minimum Gasteiger partial charge on any atom is -0.356 e. The van der Waals surface area contributed by atoms with Crippen LogP contribution < -0.4 is 10.6 Å². The summed E-state index contributed by atoms with van der Waals surface area (Å²) in [6.07, 6.45) is 3.15. The molecule has 1 aliphatic rings. The molecule has 3 heteroatoms. The van der Waals surface area contributed by atoms with Crippen molar-refractivity contribution in [2.24, 2.45) is 11.7 Å². The maximum atomic E-state index is 5.79. The molecule has 1 unspecified atom stereocenters. The zero-order valence-electron chi connectivity index (χ0n) is 9.53. The van der Waals surface area contributed by atoms with Crippen LogP contribution in [0.25, 0.3) is 0 Å². The molecule has 1 saturated heterocycles. The van der Waals surface area contributed by atoms with Gasteiger partial charge in [-0.3, -0.25) is 0 Å². The highest BCUT2D eigenvalue weighted by molar-refractivity contribution is 5.51. The van der Waals surface area contributed by atoms with Gasteiger partial charge in [-0.2, -0.15) is 0 Å². The predicted molar refractivity (Wildman–Crippen MR) is 62.9 cm³/mol. The fraction of sp³-hybridized carbons (Fsp3) is 0.583. The molecule has 0 aliphatic carbocycles. The normalized spacial score (nSPS) is 21.0. The molecule has 82 valence electrons. The Balaban J connectivity index is 2.31. The number of hydrogen-bond donors (Lipinski definition) is 1. The molecular formula is C12H19N3. The second kappa shape index (κ2) is 4.19. The second-order valence-corrected chi connectivity index (χ2v) is 4.47. The Bertz CT molecular complexity index is 349. The van der Waals surface area contributed by atoms with E-state index in [9.17, 15) is 0 Å². The number of rotatable bonds is 2. The first kappa shape index (κ1) is 10.4. The van der Waals surface area contributed by atoms with E-state index in [1.54, 1.807) is 0 Å². The zero-order valence-corrected chi connectivity index (χ0v) is 9.53. The van der Waals surface area contributed by atoms with E-state index in [1.807, 2.05) is 12.3 Å². The fourth-order valence-corrected chi connectivity index (χ4v) is 2.23. The van der Waals surface area contributed by atoms with Crippen molar-refractivity contribution in [3.05, 3.63) is 23.4 Å². The lowest BCUT2D eigenvalue weighted by atomic mass is 10.1. The Labute approximate surface area is 91.3 Å². The zero-order chi connectivity index (χ0) is 10.8. The Morgan fingerprint density at radius 3 is 3.00 bits per heavy atom. The maximum Gasteiger partial charge on any atom is 0.133 e. The molecule has 0 aromatic carbocycles. The van der Waals surface area contributed by atoms with Crippen LogP contribution in [0.1, 0.15) is 24.5 Å². The summed E-state index contributed by atoms with van der Waals surface area (Å²) in [6.45, 7) is 7.21. The van der Waals surface area contributed by atoms with E-state index in [4.69, 9.17) is 5.73 Å². The van der Waals surface area contributed by atoms with Crippen LogP contribution in [0.2, 0.25) is 0 Å². The number of anilines is 1. The lowest BCUT2D eigenvalue weighted by molar-refractivity contribution is 0.658. The first-order valence-corrected chi connectivity index (χ1v) is 5.62. The average molecular weight is 205 g/mol.